The average Bonchev–Trinajstić information content (AvgIpc) is 2.33. The molecule has 0 spiro atoms. The number of anilines is 1. The molecule has 1 aliphatic rings. The van der Waals surface area contributed by atoms with Crippen LogP contribution < -0.4 is 10.5 Å². The molecule has 1 aromatic rings. The lowest BCUT2D eigenvalue weighted by atomic mass is 9.76. The van der Waals surface area contributed by atoms with Gasteiger partial charge < -0.3 is 5.73 Å². The summed E-state index contributed by atoms with van der Waals surface area (Å²) in [4.78, 5) is 0.0474. The molecule has 0 bridgehead atoms. The smallest absolute Gasteiger partial charge is 0.243 e. The third-order valence-corrected chi connectivity index (χ3v) is 5.42. The minimum absolute atomic E-state index is 0.0474. The molecule has 1 aromatic carbocycles. The quantitative estimate of drug-likeness (QED) is 0.821. The predicted molar refractivity (Wildman–Crippen MR) is 72.8 cm³/mol. The Hall–Kier alpha value is -1.58. The largest absolute Gasteiger partial charge is 0.398 e. The fourth-order valence-electron chi connectivity index (χ4n) is 2.33. The van der Waals surface area contributed by atoms with E-state index in [0.29, 0.717) is 5.56 Å². The molecule has 0 amide bonds. The van der Waals surface area contributed by atoms with Crippen LogP contribution in [0.1, 0.15) is 38.2 Å². The van der Waals surface area contributed by atoms with E-state index in [2.05, 4.69) is 4.72 Å². The molecule has 0 heterocycles. The van der Waals surface area contributed by atoms with Crippen molar-refractivity contribution in [3.05, 3.63) is 23.8 Å². The van der Waals surface area contributed by atoms with E-state index in [9.17, 15) is 8.42 Å². The van der Waals surface area contributed by atoms with Crippen LogP contribution in [-0.2, 0) is 10.0 Å². The standard InChI is InChI=1S/C13H17N3O2S/c1-2-13(6-3-7-13)16-19(17,18)12-5-4-10(9-14)8-11(12)15/h4-5,8,16H,2-3,6-7,15H2,1H3. The van der Waals surface area contributed by atoms with Gasteiger partial charge in [-0.2, -0.15) is 5.26 Å². The first-order valence-electron chi connectivity index (χ1n) is 6.26. The maximum absolute atomic E-state index is 12.3. The second-order valence-corrected chi connectivity index (χ2v) is 6.61. The Bertz CT molecular complexity index is 622. The van der Waals surface area contributed by atoms with Crippen LogP contribution in [0.25, 0.3) is 0 Å². The first-order valence-corrected chi connectivity index (χ1v) is 7.74. The van der Waals surface area contributed by atoms with Crippen molar-refractivity contribution in [1.82, 2.24) is 4.72 Å². The number of hydrogen-bond donors (Lipinski definition) is 2. The topological polar surface area (TPSA) is 96.0 Å². The fraction of sp³-hybridized carbons (Fsp3) is 0.462. The van der Waals surface area contributed by atoms with E-state index >= 15 is 0 Å². The Kier molecular flexibility index (Phi) is 3.52. The molecule has 2 rings (SSSR count). The fourth-order valence-corrected chi connectivity index (χ4v) is 3.98. The highest BCUT2D eigenvalue weighted by Crippen LogP contribution is 2.36. The first-order chi connectivity index (χ1) is 8.92. The van der Waals surface area contributed by atoms with Gasteiger partial charge in [-0.3, -0.25) is 0 Å². The van der Waals surface area contributed by atoms with Gasteiger partial charge in [-0.05, 0) is 43.9 Å². The third-order valence-electron chi connectivity index (χ3n) is 3.77. The van der Waals surface area contributed by atoms with Gasteiger partial charge in [0.25, 0.3) is 0 Å². The normalized spacial score (nSPS) is 17.5. The van der Waals surface area contributed by atoms with Gasteiger partial charge in [0, 0.05) is 5.54 Å². The summed E-state index contributed by atoms with van der Waals surface area (Å²) in [5.74, 6) is 0. The van der Waals surface area contributed by atoms with E-state index < -0.39 is 10.0 Å². The van der Waals surface area contributed by atoms with Crippen LogP contribution in [0.2, 0.25) is 0 Å². The van der Waals surface area contributed by atoms with E-state index in [0.717, 1.165) is 25.7 Å². The highest BCUT2D eigenvalue weighted by molar-refractivity contribution is 7.89. The second-order valence-electron chi connectivity index (χ2n) is 4.96. The lowest BCUT2D eigenvalue weighted by molar-refractivity contribution is 0.214. The summed E-state index contributed by atoms with van der Waals surface area (Å²) in [6.45, 7) is 1.98. The number of nitriles is 1. The molecule has 3 N–H and O–H groups in total. The van der Waals surface area contributed by atoms with Crippen LogP contribution in [0, 0.1) is 11.3 Å². The second kappa shape index (κ2) is 4.83. The highest BCUT2D eigenvalue weighted by Gasteiger charge is 2.39. The minimum Gasteiger partial charge on any atom is -0.398 e. The van der Waals surface area contributed by atoms with Crippen molar-refractivity contribution in [3.8, 4) is 6.07 Å². The number of sulfonamides is 1. The summed E-state index contributed by atoms with van der Waals surface area (Å²) in [5, 5.41) is 8.76. The Morgan fingerprint density at radius 3 is 2.58 bits per heavy atom. The van der Waals surface area contributed by atoms with Gasteiger partial charge in [0.15, 0.2) is 0 Å². The van der Waals surface area contributed by atoms with Crippen LogP contribution in [0.3, 0.4) is 0 Å². The first kappa shape index (κ1) is 13.8. The lowest BCUT2D eigenvalue weighted by Gasteiger charge is -2.41. The molecule has 102 valence electrons. The van der Waals surface area contributed by atoms with Crippen LogP contribution in [0.5, 0.6) is 0 Å². The molecule has 1 saturated carbocycles. The van der Waals surface area contributed by atoms with Crippen molar-refractivity contribution in [2.75, 3.05) is 5.73 Å². The number of hydrogen-bond acceptors (Lipinski definition) is 4. The Balaban J connectivity index is 2.32. The number of nitrogens with zero attached hydrogens (tertiary/aromatic N) is 1. The SMILES string of the molecule is CCC1(NS(=O)(=O)c2ccc(C#N)cc2N)CCC1. The van der Waals surface area contributed by atoms with E-state index in [-0.39, 0.29) is 16.1 Å². The zero-order chi connectivity index (χ0) is 14.1. The highest BCUT2D eigenvalue weighted by atomic mass is 32.2. The van der Waals surface area contributed by atoms with E-state index in [1.165, 1.54) is 18.2 Å². The van der Waals surface area contributed by atoms with Gasteiger partial charge in [-0.15, -0.1) is 0 Å². The molecule has 1 aliphatic carbocycles. The summed E-state index contributed by atoms with van der Waals surface area (Å²) in [6.07, 6.45) is 3.53. The summed E-state index contributed by atoms with van der Waals surface area (Å²) in [5.41, 5.74) is 5.87. The number of nitrogen functional groups attached to an aromatic ring is 1. The van der Waals surface area contributed by atoms with Gasteiger partial charge in [0.2, 0.25) is 10.0 Å². The van der Waals surface area contributed by atoms with Crippen LogP contribution in [0.15, 0.2) is 23.1 Å². The Labute approximate surface area is 113 Å². The average molecular weight is 279 g/mol. The molecular formula is C13H17N3O2S. The molecular weight excluding hydrogens is 262 g/mol. The maximum Gasteiger partial charge on any atom is 0.243 e. The van der Waals surface area contributed by atoms with Crippen LogP contribution in [-0.4, -0.2) is 14.0 Å². The van der Waals surface area contributed by atoms with Crippen molar-refractivity contribution in [2.24, 2.45) is 0 Å². The van der Waals surface area contributed by atoms with Gasteiger partial charge in [0.05, 0.1) is 17.3 Å². The van der Waals surface area contributed by atoms with E-state index in [1.54, 1.807) is 0 Å². The summed E-state index contributed by atoms with van der Waals surface area (Å²) < 4.78 is 27.5. The molecule has 19 heavy (non-hydrogen) atoms. The molecule has 0 radical (unpaired) electrons. The van der Waals surface area contributed by atoms with Crippen LogP contribution in [0.4, 0.5) is 5.69 Å². The zero-order valence-electron chi connectivity index (χ0n) is 10.8. The van der Waals surface area contributed by atoms with Crippen molar-refractivity contribution in [3.63, 3.8) is 0 Å². The molecule has 0 atom stereocenters. The minimum atomic E-state index is -3.63. The summed E-state index contributed by atoms with van der Waals surface area (Å²) >= 11 is 0. The molecule has 0 saturated heterocycles. The molecule has 1 fully saturated rings. The molecule has 5 nitrogen and oxygen atoms in total. The van der Waals surface area contributed by atoms with Crippen molar-refractivity contribution in [1.29, 1.82) is 5.26 Å². The number of rotatable bonds is 4. The van der Waals surface area contributed by atoms with Crippen molar-refractivity contribution in [2.45, 2.75) is 43.0 Å². The maximum atomic E-state index is 12.3. The van der Waals surface area contributed by atoms with Gasteiger partial charge in [0.1, 0.15) is 4.90 Å². The summed E-state index contributed by atoms with van der Waals surface area (Å²) in [7, 11) is -3.63. The van der Waals surface area contributed by atoms with Crippen molar-refractivity contribution < 1.29 is 8.42 Å². The third kappa shape index (κ3) is 2.57. The van der Waals surface area contributed by atoms with E-state index in [1.807, 2.05) is 13.0 Å². The number of benzene rings is 1. The molecule has 0 aliphatic heterocycles. The monoisotopic (exact) mass is 279 g/mol. The Morgan fingerprint density at radius 2 is 2.16 bits per heavy atom. The van der Waals surface area contributed by atoms with Gasteiger partial charge in [-0.25, -0.2) is 13.1 Å². The Morgan fingerprint density at radius 1 is 1.47 bits per heavy atom. The predicted octanol–water partition coefficient (Wildman–Crippen LogP) is 1.75. The van der Waals surface area contributed by atoms with Gasteiger partial charge >= 0.3 is 0 Å². The summed E-state index contributed by atoms with van der Waals surface area (Å²) in [6, 6.07) is 6.17. The lowest BCUT2D eigenvalue weighted by Crippen LogP contribution is -2.52. The molecule has 0 unspecified atom stereocenters. The van der Waals surface area contributed by atoms with Crippen molar-refractivity contribution >= 4 is 15.7 Å². The van der Waals surface area contributed by atoms with E-state index in [4.69, 9.17) is 11.0 Å². The molecule has 6 heteroatoms. The van der Waals surface area contributed by atoms with Gasteiger partial charge in [-0.1, -0.05) is 6.92 Å². The molecule has 0 aromatic heterocycles. The zero-order valence-corrected chi connectivity index (χ0v) is 11.6. The van der Waals surface area contributed by atoms with Crippen LogP contribution >= 0.6 is 0 Å². The number of nitrogens with two attached hydrogens (primary N) is 1. The number of nitrogens with one attached hydrogen (secondary N) is 1.